The van der Waals surface area contributed by atoms with E-state index in [9.17, 15) is 0 Å². The van der Waals surface area contributed by atoms with Crippen molar-refractivity contribution in [3.63, 3.8) is 0 Å². The summed E-state index contributed by atoms with van der Waals surface area (Å²) in [6.45, 7) is 4.53. The first-order chi connectivity index (χ1) is 6.34. The molecule has 0 radical (unpaired) electrons. The van der Waals surface area contributed by atoms with Crippen molar-refractivity contribution in [3.05, 3.63) is 35.5 Å². The molecule has 0 bridgehead atoms. The summed E-state index contributed by atoms with van der Waals surface area (Å²) in [5.74, 6) is 0. The molecule has 0 saturated carbocycles. The Bertz CT molecular complexity index is 228. The molecular weight excluding hydrogens is 156 g/mol. The zero-order chi connectivity index (χ0) is 9.52. The lowest BCUT2D eigenvalue weighted by atomic mass is 9.98. The second-order valence-corrected chi connectivity index (χ2v) is 3.75. The van der Waals surface area contributed by atoms with E-state index in [-0.39, 0.29) is 0 Å². The Balaban J connectivity index is 2.39. The fourth-order valence-electron chi connectivity index (χ4n) is 1.63. The molecule has 1 rings (SSSR count). The van der Waals surface area contributed by atoms with E-state index in [0.717, 1.165) is 6.42 Å². The summed E-state index contributed by atoms with van der Waals surface area (Å²) >= 11 is 0. The molecule has 13 heavy (non-hydrogen) atoms. The quantitative estimate of drug-likeness (QED) is 0.557. The Morgan fingerprint density at radius 2 is 2.15 bits per heavy atom. The highest BCUT2D eigenvalue weighted by molar-refractivity contribution is 5.32. The van der Waals surface area contributed by atoms with Crippen LogP contribution in [0, 0.1) is 0 Å². The van der Waals surface area contributed by atoms with Crippen LogP contribution in [0.15, 0.2) is 35.5 Å². The highest BCUT2D eigenvalue weighted by atomic mass is 14.1. The Labute approximate surface area is 82.0 Å². The van der Waals surface area contributed by atoms with Gasteiger partial charge in [-0.1, -0.05) is 49.6 Å². The van der Waals surface area contributed by atoms with E-state index >= 15 is 0 Å². The maximum absolute atomic E-state index is 2.27. The third-order valence-corrected chi connectivity index (χ3v) is 2.59. The van der Waals surface area contributed by atoms with Crippen molar-refractivity contribution in [1.82, 2.24) is 0 Å². The lowest BCUT2D eigenvalue weighted by Crippen LogP contribution is -1.88. The maximum atomic E-state index is 2.27. The van der Waals surface area contributed by atoms with Gasteiger partial charge in [-0.2, -0.15) is 0 Å². The molecule has 0 spiro atoms. The lowest BCUT2D eigenvalue weighted by Gasteiger charge is -2.08. The van der Waals surface area contributed by atoms with Crippen molar-refractivity contribution in [2.24, 2.45) is 0 Å². The van der Waals surface area contributed by atoms with Crippen LogP contribution in [0.25, 0.3) is 0 Å². The first kappa shape index (κ1) is 10.3. The van der Waals surface area contributed by atoms with E-state index in [0.29, 0.717) is 0 Å². The lowest BCUT2D eigenvalue weighted by molar-refractivity contribution is 0.710. The van der Waals surface area contributed by atoms with Crippen LogP contribution in [0.1, 0.15) is 46.0 Å². The first-order valence-corrected chi connectivity index (χ1v) is 5.36. The van der Waals surface area contributed by atoms with Gasteiger partial charge >= 0.3 is 0 Å². The molecule has 0 aromatic rings. The predicted molar refractivity (Wildman–Crippen MR) is 59.7 cm³/mol. The Kier molecular flexibility index (Phi) is 4.59. The third-order valence-electron chi connectivity index (χ3n) is 2.59. The fraction of sp³-hybridized carbons (Fsp3) is 0.538. The van der Waals surface area contributed by atoms with Gasteiger partial charge in [-0.25, -0.2) is 0 Å². The number of rotatable bonds is 4. The van der Waals surface area contributed by atoms with Crippen molar-refractivity contribution < 1.29 is 0 Å². The van der Waals surface area contributed by atoms with Crippen molar-refractivity contribution >= 4 is 0 Å². The Morgan fingerprint density at radius 3 is 2.77 bits per heavy atom. The van der Waals surface area contributed by atoms with Gasteiger partial charge in [0.05, 0.1) is 0 Å². The van der Waals surface area contributed by atoms with Gasteiger partial charge < -0.3 is 0 Å². The van der Waals surface area contributed by atoms with E-state index < -0.39 is 0 Å². The van der Waals surface area contributed by atoms with Crippen molar-refractivity contribution in [2.75, 3.05) is 0 Å². The van der Waals surface area contributed by atoms with Crippen molar-refractivity contribution in [3.8, 4) is 0 Å². The van der Waals surface area contributed by atoms with Crippen LogP contribution < -0.4 is 0 Å². The molecule has 0 aliphatic heterocycles. The molecule has 0 heterocycles. The standard InChI is InChI=1S/C13H20/c1-3-4-6-9-12(2)13-10-7-5-8-11-13/h5,7-8,10H,3-4,6,9,11H2,1-2H3. The molecule has 0 nitrogen and oxygen atoms in total. The zero-order valence-electron chi connectivity index (χ0n) is 8.84. The Morgan fingerprint density at radius 1 is 1.31 bits per heavy atom. The highest BCUT2D eigenvalue weighted by Crippen LogP contribution is 2.19. The molecule has 0 N–H and O–H groups in total. The molecule has 0 amide bonds. The summed E-state index contributed by atoms with van der Waals surface area (Å²) in [5, 5.41) is 0. The van der Waals surface area contributed by atoms with Gasteiger partial charge in [-0.15, -0.1) is 0 Å². The average molecular weight is 176 g/mol. The molecular formula is C13H20. The van der Waals surface area contributed by atoms with Gasteiger partial charge in [0.15, 0.2) is 0 Å². The second kappa shape index (κ2) is 5.80. The average Bonchev–Trinajstić information content (AvgIpc) is 2.19. The summed E-state index contributed by atoms with van der Waals surface area (Å²) in [6, 6.07) is 0. The van der Waals surface area contributed by atoms with Gasteiger partial charge in [-0.05, 0) is 31.8 Å². The Hall–Kier alpha value is -0.780. The molecule has 0 fully saturated rings. The van der Waals surface area contributed by atoms with E-state index in [4.69, 9.17) is 0 Å². The van der Waals surface area contributed by atoms with Crippen molar-refractivity contribution in [1.29, 1.82) is 0 Å². The minimum atomic E-state index is 1.13. The van der Waals surface area contributed by atoms with Crippen LogP contribution in [0.5, 0.6) is 0 Å². The highest BCUT2D eigenvalue weighted by Gasteiger charge is 1.99. The summed E-state index contributed by atoms with van der Waals surface area (Å²) in [5.41, 5.74) is 3.10. The van der Waals surface area contributed by atoms with Gasteiger partial charge in [-0.3, -0.25) is 0 Å². The minimum Gasteiger partial charge on any atom is -0.0801 e. The molecule has 0 atom stereocenters. The van der Waals surface area contributed by atoms with Crippen LogP contribution in [-0.2, 0) is 0 Å². The molecule has 1 aliphatic rings. The largest absolute Gasteiger partial charge is 0.0801 e. The first-order valence-electron chi connectivity index (χ1n) is 5.36. The topological polar surface area (TPSA) is 0 Å². The number of allylic oxidation sites excluding steroid dienone is 6. The minimum absolute atomic E-state index is 1.13. The van der Waals surface area contributed by atoms with Crippen LogP contribution in [-0.4, -0.2) is 0 Å². The van der Waals surface area contributed by atoms with Crippen LogP contribution in [0.3, 0.4) is 0 Å². The SMILES string of the molecule is CCCCCC(C)=C1C=CC=CC1. The molecule has 72 valence electrons. The van der Waals surface area contributed by atoms with Gasteiger partial charge in [0.1, 0.15) is 0 Å². The summed E-state index contributed by atoms with van der Waals surface area (Å²) < 4.78 is 0. The number of hydrogen-bond acceptors (Lipinski definition) is 0. The summed E-state index contributed by atoms with van der Waals surface area (Å²) in [4.78, 5) is 0. The van der Waals surface area contributed by atoms with Gasteiger partial charge in [0, 0.05) is 0 Å². The zero-order valence-corrected chi connectivity index (χ0v) is 8.84. The normalized spacial score (nSPS) is 19.2. The summed E-state index contributed by atoms with van der Waals surface area (Å²) in [6.07, 6.45) is 15.2. The monoisotopic (exact) mass is 176 g/mol. The van der Waals surface area contributed by atoms with E-state index in [1.165, 1.54) is 31.3 Å². The van der Waals surface area contributed by atoms with E-state index in [1.807, 2.05) is 0 Å². The van der Waals surface area contributed by atoms with Gasteiger partial charge in [0.2, 0.25) is 0 Å². The smallest absolute Gasteiger partial charge is 0.00949 e. The van der Waals surface area contributed by atoms with Crippen LogP contribution >= 0.6 is 0 Å². The number of unbranched alkanes of at least 4 members (excludes halogenated alkanes) is 2. The molecule has 1 aliphatic carbocycles. The molecule has 0 aromatic carbocycles. The fourth-order valence-corrected chi connectivity index (χ4v) is 1.63. The van der Waals surface area contributed by atoms with E-state index in [2.05, 4.69) is 38.2 Å². The summed E-state index contributed by atoms with van der Waals surface area (Å²) in [7, 11) is 0. The molecule has 0 unspecified atom stereocenters. The molecule has 0 aromatic heterocycles. The van der Waals surface area contributed by atoms with Crippen molar-refractivity contribution in [2.45, 2.75) is 46.0 Å². The molecule has 0 heteroatoms. The second-order valence-electron chi connectivity index (χ2n) is 3.75. The predicted octanol–water partition coefficient (Wildman–Crippen LogP) is 4.40. The molecule has 0 saturated heterocycles. The number of hydrogen-bond donors (Lipinski definition) is 0. The van der Waals surface area contributed by atoms with E-state index in [1.54, 1.807) is 5.57 Å². The van der Waals surface area contributed by atoms with Crippen LogP contribution in [0.4, 0.5) is 0 Å². The third kappa shape index (κ3) is 3.63. The maximum Gasteiger partial charge on any atom is -0.00949 e. The van der Waals surface area contributed by atoms with Gasteiger partial charge in [0.25, 0.3) is 0 Å². The van der Waals surface area contributed by atoms with Crippen LogP contribution in [0.2, 0.25) is 0 Å².